The van der Waals surface area contributed by atoms with Crippen molar-refractivity contribution in [3.63, 3.8) is 0 Å². The molecule has 2 heterocycles. The van der Waals surface area contributed by atoms with E-state index in [9.17, 15) is 9.59 Å². The van der Waals surface area contributed by atoms with E-state index in [4.69, 9.17) is 0 Å². The number of aryl methyl sites for hydroxylation is 1. The number of amides is 2. The molecule has 2 fully saturated rings. The lowest BCUT2D eigenvalue weighted by atomic mass is 9.89. The molecule has 4 nitrogen and oxygen atoms in total. The second-order valence-electron chi connectivity index (χ2n) is 7.91. The van der Waals surface area contributed by atoms with Crippen LogP contribution in [0, 0.1) is 19.8 Å². The second-order valence-corrected chi connectivity index (χ2v) is 9.76. The highest BCUT2D eigenvalue weighted by Crippen LogP contribution is 2.36. The lowest BCUT2D eigenvalue weighted by Crippen LogP contribution is -2.34. The molecule has 0 unspecified atom stereocenters. The molecule has 0 N–H and O–H groups in total. The molecule has 4 rings (SSSR count). The summed E-state index contributed by atoms with van der Waals surface area (Å²) in [7, 11) is 0. The number of hydrogen-bond donors (Lipinski definition) is 0. The minimum Gasteiger partial charge on any atom is -0.317 e. The highest BCUT2D eigenvalue weighted by atomic mass is 79.9. The molecular formula is C23H25BrN2O2S. The molecule has 1 saturated heterocycles. The molecule has 2 aliphatic rings. The molecule has 1 aliphatic heterocycles. The Morgan fingerprint density at radius 3 is 2.59 bits per heavy atom. The zero-order valence-electron chi connectivity index (χ0n) is 16.8. The normalized spacial score (nSPS) is 19.6. The number of nitrogens with zero attached hydrogens (tertiary/aromatic N) is 2. The molecule has 29 heavy (non-hydrogen) atoms. The first-order valence-electron chi connectivity index (χ1n) is 10.1. The molecule has 0 spiro atoms. The van der Waals surface area contributed by atoms with E-state index in [2.05, 4.69) is 39.6 Å². The maximum atomic E-state index is 12.9. The lowest BCUT2D eigenvalue weighted by molar-refractivity contribution is -0.123. The predicted octanol–water partition coefficient (Wildman–Crippen LogP) is 6.47. The van der Waals surface area contributed by atoms with Gasteiger partial charge in [0.1, 0.15) is 0 Å². The molecule has 2 amide bonds. The van der Waals surface area contributed by atoms with E-state index in [0.29, 0.717) is 17.4 Å². The Kier molecular flexibility index (Phi) is 6.02. The zero-order chi connectivity index (χ0) is 20.5. The third kappa shape index (κ3) is 4.10. The van der Waals surface area contributed by atoms with Gasteiger partial charge in [0.15, 0.2) is 0 Å². The fourth-order valence-corrected chi connectivity index (χ4v) is 5.67. The maximum Gasteiger partial charge on any atom is 0.293 e. The van der Waals surface area contributed by atoms with Crippen molar-refractivity contribution in [1.29, 1.82) is 0 Å². The largest absolute Gasteiger partial charge is 0.317 e. The Balaban J connectivity index is 1.60. The molecular weight excluding hydrogens is 448 g/mol. The number of para-hydroxylation sites is 1. The minimum absolute atomic E-state index is 0.133. The van der Waals surface area contributed by atoms with Crippen LogP contribution in [-0.2, 0) is 4.79 Å². The Bertz CT molecular complexity index is 989. The number of halogens is 1. The average molecular weight is 473 g/mol. The molecule has 1 aromatic heterocycles. The molecule has 1 saturated carbocycles. The highest BCUT2D eigenvalue weighted by molar-refractivity contribution is 9.10. The van der Waals surface area contributed by atoms with E-state index in [1.807, 2.05) is 31.2 Å². The summed E-state index contributed by atoms with van der Waals surface area (Å²) in [5.41, 5.74) is 4.17. The van der Waals surface area contributed by atoms with E-state index in [0.717, 1.165) is 51.7 Å². The van der Waals surface area contributed by atoms with Gasteiger partial charge in [-0.2, -0.15) is 0 Å². The fraction of sp³-hybridized carbons (Fsp3) is 0.391. The van der Waals surface area contributed by atoms with Crippen molar-refractivity contribution in [2.24, 2.45) is 5.92 Å². The summed E-state index contributed by atoms with van der Waals surface area (Å²) in [5.74, 6) is 0.313. The quantitative estimate of drug-likeness (QED) is 0.478. The van der Waals surface area contributed by atoms with E-state index >= 15 is 0 Å². The predicted molar refractivity (Wildman–Crippen MR) is 122 cm³/mol. The Morgan fingerprint density at radius 2 is 1.86 bits per heavy atom. The lowest BCUT2D eigenvalue weighted by Gasteiger charge is -2.25. The number of rotatable bonds is 4. The van der Waals surface area contributed by atoms with Crippen LogP contribution >= 0.6 is 27.7 Å². The molecule has 0 atom stereocenters. The molecule has 0 radical (unpaired) electrons. The number of benzene rings is 1. The SMILES string of the molecule is Cc1cc(/C=C2/SC(=O)N(CC3CCCCC3)C2=O)c(C)n1-c1ccccc1Br. The highest BCUT2D eigenvalue weighted by Gasteiger charge is 2.36. The first kappa shape index (κ1) is 20.5. The van der Waals surface area contributed by atoms with Crippen molar-refractivity contribution >= 4 is 44.9 Å². The van der Waals surface area contributed by atoms with E-state index in [1.54, 1.807) is 0 Å². The van der Waals surface area contributed by atoms with Crippen LogP contribution in [0.4, 0.5) is 4.79 Å². The van der Waals surface area contributed by atoms with Crippen LogP contribution < -0.4 is 0 Å². The van der Waals surface area contributed by atoms with Crippen LogP contribution in [0.25, 0.3) is 11.8 Å². The molecule has 1 aromatic carbocycles. The average Bonchev–Trinajstić information content (AvgIpc) is 3.13. The van der Waals surface area contributed by atoms with Gasteiger partial charge < -0.3 is 4.57 Å². The summed E-state index contributed by atoms with van der Waals surface area (Å²) in [5, 5.41) is -0.133. The van der Waals surface area contributed by atoms with Crippen molar-refractivity contribution in [3.8, 4) is 5.69 Å². The standard InChI is InChI=1S/C23H25BrN2O2S/c1-15-12-18(16(2)26(15)20-11-7-6-10-19(20)24)13-21-22(27)25(23(28)29-21)14-17-8-4-3-5-9-17/h6-7,10-13,17H,3-5,8-9,14H2,1-2H3/b21-13+. The van der Waals surface area contributed by atoms with Crippen LogP contribution in [0.2, 0.25) is 0 Å². The van der Waals surface area contributed by atoms with E-state index in [1.165, 1.54) is 24.2 Å². The van der Waals surface area contributed by atoms with Crippen LogP contribution in [0.3, 0.4) is 0 Å². The van der Waals surface area contributed by atoms with Gasteiger partial charge in [0.05, 0.1) is 10.6 Å². The number of hydrogen-bond acceptors (Lipinski definition) is 3. The van der Waals surface area contributed by atoms with Gasteiger partial charge in [-0.25, -0.2) is 0 Å². The molecule has 1 aliphatic carbocycles. The van der Waals surface area contributed by atoms with Gasteiger partial charge in [0.25, 0.3) is 11.1 Å². The van der Waals surface area contributed by atoms with Gasteiger partial charge in [0, 0.05) is 22.4 Å². The van der Waals surface area contributed by atoms with Crippen molar-refractivity contribution in [2.75, 3.05) is 6.54 Å². The first-order valence-corrected chi connectivity index (χ1v) is 11.8. The number of imide groups is 1. The van der Waals surface area contributed by atoms with E-state index in [-0.39, 0.29) is 11.1 Å². The minimum atomic E-state index is -0.142. The van der Waals surface area contributed by atoms with Crippen LogP contribution in [0.1, 0.15) is 49.1 Å². The third-order valence-corrected chi connectivity index (χ3v) is 7.47. The van der Waals surface area contributed by atoms with Crippen molar-refractivity contribution < 1.29 is 9.59 Å². The van der Waals surface area contributed by atoms with Crippen LogP contribution in [0.15, 0.2) is 39.7 Å². The van der Waals surface area contributed by atoms with Gasteiger partial charge in [0.2, 0.25) is 0 Å². The first-order chi connectivity index (χ1) is 14.0. The third-order valence-electron chi connectivity index (χ3n) is 5.89. The van der Waals surface area contributed by atoms with Gasteiger partial charge in [-0.15, -0.1) is 0 Å². The van der Waals surface area contributed by atoms with Crippen molar-refractivity contribution in [3.05, 3.63) is 56.7 Å². The molecule has 6 heteroatoms. The summed E-state index contributed by atoms with van der Waals surface area (Å²) in [6, 6.07) is 10.2. The molecule has 2 aromatic rings. The number of carbonyl (C=O) groups is 2. The maximum absolute atomic E-state index is 12.9. The van der Waals surface area contributed by atoms with Gasteiger partial charge in [-0.05, 0) is 90.1 Å². The Morgan fingerprint density at radius 1 is 1.14 bits per heavy atom. The summed E-state index contributed by atoms with van der Waals surface area (Å²) < 4.78 is 3.18. The van der Waals surface area contributed by atoms with Crippen LogP contribution in [-0.4, -0.2) is 27.2 Å². The molecule has 0 bridgehead atoms. The summed E-state index contributed by atoms with van der Waals surface area (Å²) >= 11 is 4.69. The topological polar surface area (TPSA) is 42.3 Å². The second kappa shape index (κ2) is 8.52. The van der Waals surface area contributed by atoms with Gasteiger partial charge in [-0.1, -0.05) is 31.4 Å². The van der Waals surface area contributed by atoms with Crippen LogP contribution in [0.5, 0.6) is 0 Å². The molecule has 152 valence electrons. The smallest absolute Gasteiger partial charge is 0.293 e. The van der Waals surface area contributed by atoms with Crippen molar-refractivity contribution in [2.45, 2.75) is 46.0 Å². The number of aromatic nitrogens is 1. The van der Waals surface area contributed by atoms with Crippen molar-refractivity contribution in [1.82, 2.24) is 9.47 Å². The summed E-state index contributed by atoms with van der Waals surface area (Å²) in [6.45, 7) is 4.67. The number of thioether (sulfide) groups is 1. The van der Waals surface area contributed by atoms with E-state index < -0.39 is 0 Å². The number of carbonyl (C=O) groups excluding carboxylic acids is 2. The Hall–Kier alpha value is -1.79. The summed E-state index contributed by atoms with van der Waals surface area (Å²) in [6.07, 6.45) is 7.80. The summed E-state index contributed by atoms with van der Waals surface area (Å²) in [4.78, 5) is 27.4. The van der Waals surface area contributed by atoms with Gasteiger partial charge in [-0.3, -0.25) is 14.5 Å². The zero-order valence-corrected chi connectivity index (χ0v) is 19.2. The Labute approximate surface area is 184 Å². The fourth-order valence-electron chi connectivity index (χ4n) is 4.36. The van der Waals surface area contributed by atoms with Gasteiger partial charge >= 0.3 is 0 Å². The monoisotopic (exact) mass is 472 g/mol.